The van der Waals surface area contributed by atoms with E-state index in [0.29, 0.717) is 19.7 Å². The lowest BCUT2D eigenvalue weighted by Gasteiger charge is -2.44. The molecule has 2 rings (SSSR count). The molecular weight excluding hydrogens is 258 g/mol. The molecule has 0 spiro atoms. The number of aliphatic hydroxyl groups excluding tert-OH is 3. The third-order valence-electron chi connectivity index (χ3n) is 3.88. The SMILES string of the molecule is CCN1C[C@H](O)[C@@H](OCc2ccccc2)[C@H](O)[C@H]1CO. The maximum Gasteiger partial charge on any atom is 0.112 e. The Morgan fingerprint density at radius 3 is 2.55 bits per heavy atom. The van der Waals surface area contributed by atoms with Gasteiger partial charge in [0.15, 0.2) is 0 Å². The van der Waals surface area contributed by atoms with Crippen molar-refractivity contribution in [3.8, 4) is 0 Å². The number of rotatable bonds is 5. The Morgan fingerprint density at radius 2 is 1.95 bits per heavy atom. The quantitative estimate of drug-likeness (QED) is 0.708. The van der Waals surface area contributed by atoms with Gasteiger partial charge in [-0.2, -0.15) is 0 Å². The molecule has 1 aliphatic heterocycles. The number of likely N-dealkylation sites (N-methyl/N-ethyl adjacent to an activating group) is 1. The predicted molar refractivity (Wildman–Crippen MR) is 75.2 cm³/mol. The van der Waals surface area contributed by atoms with Crippen molar-refractivity contribution in [3.05, 3.63) is 35.9 Å². The highest BCUT2D eigenvalue weighted by molar-refractivity contribution is 5.13. The summed E-state index contributed by atoms with van der Waals surface area (Å²) in [5, 5.41) is 29.8. The first-order chi connectivity index (χ1) is 9.67. The summed E-state index contributed by atoms with van der Waals surface area (Å²) >= 11 is 0. The first-order valence-corrected chi connectivity index (χ1v) is 7.04. The van der Waals surface area contributed by atoms with Gasteiger partial charge in [-0.3, -0.25) is 4.90 Å². The molecule has 4 atom stereocenters. The Morgan fingerprint density at radius 1 is 1.25 bits per heavy atom. The molecular formula is C15H23NO4. The summed E-state index contributed by atoms with van der Waals surface area (Å²) in [5.41, 5.74) is 0.991. The summed E-state index contributed by atoms with van der Waals surface area (Å²) in [5.74, 6) is 0. The summed E-state index contributed by atoms with van der Waals surface area (Å²) in [6.07, 6.45) is -2.32. The van der Waals surface area contributed by atoms with Crippen LogP contribution < -0.4 is 0 Å². The van der Waals surface area contributed by atoms with E-state index in [1.165, 1.54) is 0 Å². The van der Waals surface area contributed by atoms with E-state index in [2.05, 4.69) is 0 Å². The second-order valence-electron chi connectivity index (χ2n) is 5.16. The van der Waals surface area contributed by atoms with Crippen molar-refractivity contribution in [2.24, 2.45) is 0 Å². The van der Waals surface area contributed by atoms with E-state index in [4.69, 9.17) is 4.74 Å². The van der Waals surface area contributed by atoms with Gasteiger partial charge in [0.05, 0.1) is 25.4 Å². The predicted octanol–water partition coefficient (Wildman–Crippen LogP) is -0.0100. The molecule has 3 N–H and O–H groups in total. The fraction of sp³-hybridized carbons (Fsp3) is 0.600. The molecule has 1 aromatic rings. The summed E-state index contributed by atoms with van der Waals surface area (Å²) in [7, 11) is 0. The van der Waals surface area contributed by atoms with Crippen LogP contribution in [0.5, 0.6) is 0 Å². The van der Waals surface area contributed by atoms with Crippen LogP contribution >= 0.6 is 0 Å². The van der Waals surface area contributed by atoms with Crippen molar-refractivity contribution in [2.45, 2.75) is 37.9 Å². The number of ether oxygens (including phenoxy) is 1. The van der Waals surface area contributed by atoms with Gasteiger partial charge in [0.2, 0.25) is 0 Å². The van der Waals surface area contributed by atoms with Gasteiger partial charge in [0.25, 0.3) is 0 Å². The van der Waals surface area contributed by atoms with Crippen LogP contribution in [0.2, 0.25) is 0 Å². The summed E-state index contributed by atoms with van der Waals surface area (Å²) < 4.78 is 5.68. The Hall–Kier alpha value is -0.980. The van der Waals surface area contributed by atoms with Crippen LogP contribution in [0.25, 0.3) is 0 Å². The number of β-amino-alcohol motifs (C(OH)–C–C–N with tert-alkyl or cyclic N) is 1. The zero-order valence-corrected chi connectivity index (χ0v) is 11.7. The molecule has 0 saturated carbocycles. The molecule has 0 unspecified atom stereocenters. The number of likely N-dealkylation sites (tertiary alicyclic amines) is 1. The van der Waals surface area contributed by atoms with Gasteiger partial charge in [0, 0.05) is 6.54 Å². The lowest BCUT2D eigenvalue weighted by molar-refractivity contribution is -0.171. The van der Waals surface area contributed by atoms with Crippen LogP contribution in [0.15, 0.2) is 30.3 Å². The Labute approximate surface area is 119 Å². The van der Waals surface area contributed by atoms with E-state index in [-0.39, 0.29) is 12.6 Å². The number of nitrogens with zero attached hydrogens (tertiary/aromatic N) is 1. The first-order valence-electron chi connectivity index (χ1n) is 7.04. The van der Waals surface area contributed by atoms with E-state index < -0.39 is 18.3 Å². The molecule has 0 amide bonds. The smallest absolute Gasteiger partial charge is 0.112 e. The molecule has 1 fully saturated rings. The van der Waals surface area contributed by atoms with Gasteiger partial charge >= 0.3 is 0 Å². The summed E-state index contributed by atoms with van der Waals surface area (Å²) in [4.78, 5) is 1.87. The van der Waals surface area contributed by atoms with Gasteiger partial charge in [-0.25, -0.2) is 0 Å². The van der Waals surface area contributed by atoms with Crippen molar-refractivity contribution in [1.29, 1.82) is 0 Å². The number of benzene rings is 1. The molecule has 1 saturated heterocycles. The van der Waals surface area contributed by atoms with Gasteiger partial charge in [0.1, 0.15) is 12.2 Å². The van der Waals surface area contributed by atoms with E-state index in [1.54, 1.807) is 0 Å². The highest BCUT2D eigenvalue weighted by Gasteiger charge is 2.41. The monoisotopic (exact) mass is 281 g/mol. The molecule has 112 valence electrons. The first kappa shape index (κ1) is 15.4. The molecule has 5 nitrogen and oxygen atoms in total. The van der Waals surface area contributed by atoms with Gasteiger partial charge in [-0.15, -0.1) is 0 Å². The lowest BCUT2D eigenvalue weighted by Crippen LogP contribution is -2.63. The minimum absolute atomic E-state index is 0.146. The molecule has 0 aliphatic carbocycles. The molecule has 0 aromatic heterocycles. The molecule has 1 aromatic carbocycles. The normalized spacial score (nSPS) is 31.4. The average Bonchev–Trinajstić information content (AvgIpc) is 2.47. The zero-order chi connectivity index (χ0) is 14.5. The lowest BCUT2D eigenvalue weighted by atomic mass is 9.94. The Kier molecular flexibility index (Phi) is 5.51. The maximum absolute atomic E-state index is 10.3. The van der Waals surface area contributed by atoms with E-state index in [1.807, 2.05) is 42.2 Å². The molecule has 5 heteroatoms. The van der Waals surface area contributed by atoms with Gasteiger partial charge < -0.3 is 20.1 Å². The van der Waals surface area contributed by atoms with Crippen molar-refractivity contribution in [3.63, 3.8) is 0 Å². The van der Waals surface area contributed by atoms with Crippen LogP contribution in [-0.2, 0) is 11.3 Å². The zero-order valence-electron chi connectivity index (χ0n) is 11.7. The van der Waals surface area contributed by atoms with Gasteiger partial charge in [-0.05, 0) is 12.1 Å². The maximum atomic E-state index is 10.3. The Bertz CT molecular complexity index is 400. The fourth-order valence-electron chi connectivity index (χ4n) is 2.71. The van der Waals surface area contributed by atoms with Gasteiger partial charge in [-0.1, -0.05) is 37.3 Å². The number of hydrogen-bond acceptors (Lipinski definition) is 5. The van der Waals surface area contributed by atoms with E-state index >= 15 is 0 Å². The topological polar surface area (TPSA) is 73.2 Å². The molecule has 0 radical (unpaired) electrons. The number of piperidine rings is 1. The Balaban J connectivity index is 1.99. The van der Waals surface area contributed by atoms with Crippen LogP contribution in [0.3, 0.4) is 0 Å². The van der Waals surface area contributed by atoms with Crippen molar-refractivity contribution in [1.82, 2.24) is 4.90 Å². The standard InChI is InChI=1S/C15H23NO4/c1-2-16-8-13(18)15(14(19)12(16)9-17)20-10-11-6-4-3-5-7-11/h3-7,12-15,17-19H,2,8-10H2,1H3/t12-,13+,14-,15-/m1/s1. The van der Waals surface area contributed by atoms with Crippen LogP contribution in [-0.4, -0.2) is 64.3 Å². The van der Waals surface area contributed by atoms with Crippen LogP contribution in [0, 0.1) is 0 Å². The average molecular weight is 281 g/mol. The molecule has 20 heavy (non-hydrogen) atoms. The van der Waals surface area contributed by atoms with Crippen LogP contribution in [0.1, 0.15) is 12.5 Å². The summed E-state index contributed by atoms with van der Waals surface area (Å²) in [6, 6.07) is 9.25. The molecule has 0 bridgehead atoms. The highest BCUT2D eigenvalue weighted by atomic mass is 16.5. The van der Waals surface area contributed by atoms with Crippen molar-refractivity contribution < 1.29 is 20.1 Å². The molecule has 1 heterocycles. The summed E-state index contributed by atoms with van der Waals surface area (Å²) in [6.45, 7) is 3.20. The minimum atomic E-state index is -0.896. The second kappa shape index (κ2) is 7.15. The fourth-order valence-corrected chi connectivity index (χ4v) is 2.71. The van der Waals surface area contributed by atoms with E-state index in [0.717, 1.165) is 5.56 Å². The van der Waals surface area contributed by atoms with Crippen molar-refractivity contribution in [2.75, 3.05) is 19.7 Å². The largest absolute Gasteiger partial charge is 0.395 e. The van der Waals surface area contributed by atoms with Crippen molar-refractivity contribution >= 4 is 0 Å². The van der Waals surface area contributed by atoms with Crippen LogP contribution in [0.4, 0.5) is 0 Å². The third kappa shape index (κ3) is 3.37. The van der Waals surface area contributed by atoms with E-state index in [9.17, 15) is 15.3 Å². The second-order valence-corrected chi connectivity index (χ2v) is 5.16. The minimum Gasteiger partial charge on any atom is -0.395 e. The molecule has 1 aliphatic rings. The third-order valence-corrected chi connectivity index (χ3v) is 3.88. The highest BCUT2D eigenvalue weighted by Crippen LogP contribution is 2.22. The number of aliphatic hydroxyl groups is 3. The number of hydrogen-bond donors (Lipinski definition) is 3.